The maximum Gasteiger partial charge on any atom is 0.0818 e. The summed E-state index contributed by atoms with van der Waals surface area (Å²) in [5.41, 5.74) is 0. The van der Waals surface area contributed by atoms with Gasteiger partial charge in [-0.1, -0.05) is 6.92 Å². The van der Waals surface area contributed by atoms with E-state index in [9.17, 15) is 0 Å². The standard InChI is InChI=1S/C15H29NO2S/c1-2-8-16-14(15-12-19-11-10-18-15)7-3-5-13-6-4-9-17-13/h13-16H,2-12H2,1H3. The lowest BCUT2D eigenvalue weighted by atomic mass is 10.0. The van der Waals surface area contributed by atoms with Gasteiger partial charge in [0.05, 0.1) is 18.8 Å². The van der Waals surface area contributed by atoms with Gasteiger partial charge >= 0.3 is 0 Å². The Balaban J connectivity index is 1.69. The molecule has 0 bridgehead atoms. The van der Waals surface area contributed by atoms with E-state index in [1.54, 1.807) is 0 Å². The van der Waals surface area contributed by atoms with Crippen LogP contribution in [0, 0.1) is 0 Å². The number of thioether (sulfide) groups is 1. The third kappa shape index (κ3) is 5.62. The van der Waals surface area contributed by atoms with Crippen LogP contribution in [0.5, 0.6) is 0 Å². The van der Waals surface area contributed by atoms with Crippen molar-refractivity contribution in [3.05, 3.63) is 0 Å². The van der Waals surface area contributed by atoms with Crippen molar-refractivity contribution in [1.82, 2.24) is 5.32 Å². The highest BCUT2D eigenvalue weighted by molar-refractivity contribution is 7.99. The normalized spacial score (nSPS) is 29.5. The molecule has 3 unspecified atom stereocenters. The van der Waals surface area contributed by atoms with Gasteiger partial charge in [0.1, 0.15) is 0 Å². The second-order valence-electron chi connectivity index (χ2n) is 5.61. The van der Waals surface area contributed by atoms with Crippen LogP contribution in [0.15, 0.2) is 0 Å². The van der Waals surface area contributed by atoms with Crippen molar-refractivity contribution in [2.45, 2.75) is 63.7 Å². The fourth-order valence-corrected chi connectivity index (χ4v) is 3.87. The molecule has 112 valence electrons. The summed E-state index contributed by atoms with van der Waals surface area (Å²) in [6.07, 6.45) is 8.38. The zero-order valence-corrected chi connectivity index (χ0v) is 13.1. The third-order valence-corrected chi connectivity index (χ3v) is 5.03. The highest BCUT2D eigenvalue weighted by Crippen LogP contribution is 2.21. The molecular weight excluding hydrogens is 258 g/mol. The molecule has 0 saturated carbocycles. The molecule has 2 rings (SSSR count). The average molecular weight is 287 g/mol. The van der Waals surface area contributed by atoms with Crippen molar-refractivity contribution < 1.29 is 9.47 Å². The van der Waals surface area contributed by atoms with Crippen LogP contribution in [0.2, 0.25) is 0 Å². The molecule has 0 radical (unpaired) electrons. The second-order valence-corrected chi connectivity index (χ2v) is 6.76. The predicted molar refractivity (Wildman–Crippen MR) is 82.0 cm³/mol. The summed E-state index contributed by atoms with van der Waals surface area (Å²) in [7, 11) is 0. The molecule has 0 aromatic heterocycles. The molecule has 0 spiro atoms. The van der Waals surface area contributed by atoms with E-state index in [0.29, 0.717) is 18.2 Å². The highest BCUT2D eigenvalue weighted by atomic mass is 32.2. The fourth-order valence-electron chi connectivity index (χ4n) is 2.92. The monoisotopic (exact) mass is 287 g/mol. The van der Waals surface area contributed by atoms with Crippen LogP contribution >= 0.6 is 11.8 Å². The maximum absolute atomic E-state index is 5.95. The smallest absolute Gasteiger partial charge is 0.0818 e. The van der Waals surface area contributed by atoms with Crippen LogP contribution in [0.4, 0.5) is 0 Å². The Kier molecular flexibility index (Phi) is 7.58. The second kappa shape index (κ2) is 9.22. The van der Waals surface area contributed by atoms with Crippen molar-refractivity contribution in [2.75, 3.05) is 31.3 Å². The van der Waals surface area contributed by atoms with Crippen molar-refractivity contribution in [2.24, 2.45) is 0 Å². The van der Waals surface area contributed by atoms with Gasteiger partial charge < -0.3 is 14.8 Å². The Morgan fingerprint density at radius 2 is 2.26 bits per heavy atom. The van der Waals surface area contributed by atoms with Gasteiger partial charge in [0.2, 0.25) is 0 Å². The summed E-state index contributed by atoms with van der Waals surface area (Å²) >= 11 is 2.03. The van der Waals surface area contributed by atoms with E-state index in [-0.39, 0.29) is 0 Å². The first-order valence-electron chi connectivity index (χ1n) is 7.94. The Morgan fingerprint density at radius 3 is 2.95 bits per heavy atom. The van der Waals surface area contributed by atoms with Crippen LogP contribution in [0.25, 0.3) is 0 Å². The molecule has 0 aromatic rings. The van der Waals surface area contributed by atoms with E-state index in [0.717, 1.165) is 31.3 Å². The zero-order valence-electron chi connectivity index (χ0n) is 12.2. The van der Waals surface area contributed by atoms with Crippen LogP contribution in [0.1, 0.15) is 45.4 Å². The van der Waals surface area contributed by atoms with Crippen molar-refractivity contribution in [1.29, 1.82) is 0 Å². The van der Waals surface area contributed by atoms with Gasteiger partial charge in [0.15, 0.2) is 0 Å². The first-order chi connectivity index (χ1) is 9.40. The van der Waals surface area contributed by atoms with Gasteiger partial charge in [0, 0.05) is 24.2 Å². The molecule has 3 atom stereocenters. The van der Waals surface area contributed by atoms with Crippen LogP contribution in [-0.4, -0.2) is 49.5 Å². The van der Waals surface area contributed by atoms with E-state index in [2.05, 4.69) is 12.2 Å². The van der Waals surface area contributed by atoms with Gasteiger partial charge in [-0.25, -0.2) is 0 Å². The summed E-state index contributed by atoms with van der Waals surface area (Å²) in [6.45, 7) is 5.23. The van der Waals surface area contributed by atoms with Gasteiger partial charge in [-0.15, -0.1) is 0 Å². The van der Waals surface area contributed by atoms with Crippen molar-refractivity contribution >= 4 is 11.8 Å². The Labute approximate surface area is 122 Å². The maximum atomic E-state index is 5.95. The summed E-state index contributed by atoms with van der Waals surface area (Å²) in [5.74, 6) is 2.31. The minimum absolute atomic E-state index is 0.412. The number of ether oxygens (including phenoxy) is 2. The van der Waals surface area contributed by atoms with E-state index in [4.69, 9.17) is 9.47 Å². The molecular formula is C15H29NO2S. The SMILES string of the molecule is CCCNC(CCCC1CCCO1)C1CSCCO1. The van der Waals surface area contributed by atoms with Gasteiger partial charge in [-0.2, -0.15) is 11.8 Å². The molecule has 0 aromatic carbocycles. The molecule has 0 amide bonds. The minimum Gasteiger partial charge on any atom is -0.378 e. The lowest BCUT2D eigenvalue weighted by Crippen LogP contribution is -2.45. The number of hydrogen-bond acceptors (Lipinski definition) is 4. The summed E-state index contributed by atoms with van der Waals surface area (Å²) in [6, 6.07) is 0.536. The quantitative estimate of drug-likeness (QED) is 0.743. The average Bonchev–Trinajstić information content (AvgIpc) is 2.97. The van der Waals surface area contributed by atoms with Crippen molar-refractivity contribution in [3.63, 3.8) is 0 Å². The molecule has 2 saturated heterocycles. The Morgan fingerprint density at radius 1 is 1.32 bits per heavy atom. The molecule has 2 aliphatic heterocycles. The molecule has 2 fully saturated rings. The molecule has 1 N–H and O–H groups in total. The van der Waals surface area contributed by atoms with Gasteiger partial charge in [0.25, 0.3) is 0 Å². The number of rotatable bonds is 8. The Hall–Kier alpha value is 0.230. The summed E-state index contributed by atoms with van der Waals surface area (Å²) in [5, 5.41) is 3.69. The van der Waals surface area contributed by atoms with E-state index in [1.165, 1.54) is 38.5 Å². The van der Waals surface area contributed by atoms with E-state index < -0.39 is 0 Å². The van der Waals surface area contributed by atoms with Gasteiger partial charge in [-0.3, -0.25) is 0 Å². The van der Waals surface area contributed by atoms with Gasteiger partial charge in [-0.05, 0) is 45.1 Å². The van der Waals surface area contributed by atoms with Crippen LogP contribution < -0.4 is 5.32 Å². The summed E-state index contributed by atoms with van der Waals surface area (Å²) in [4.78, 5) is 0. The fraction of sp³-hybridized carbons (Fsp3) is 1.00. The Bertz CT molecular complexity index is 228. The molecule has 2 aliphatic rings. The largest absolute Gasteiger partial charge is 0.378 e. The molecule has 4 heteroatoms. The zero-order chi connectivity index (χ0) is 13.3. The molecule has 2 heterocycles. The number of hydrogen-bond donors (Lipinski definition) is 1. The topological polar surface area (TPSA) is 30.5 Å². The van der Waals surface area contributed by atoms with Crippen molar-refractivity contribution in [3.8, 4) is 0 Å². The predicted octanol–water partition coefficient (Wildman–Crippen LogP) is 2.84. The first kappa shape index (κ1) is 15.6. The molecule has 19 heavy (non-hydrogen) atoms. The summed E-state index contributed by atoms with van der Waals surface area (Å²) < 4.78 is 11.7. The molecule has 3 nitrogen and oxygen atoms in total. The third-order valence-electron chi connectivity index (χ3n) is 4.01. The van der Waals surface area contributed by atoms with Crippen LogP contribution in [0.3, 0.4) is 0 Å². The first-order valence-corrected chi connectivity index (χ1v) is 9.10. The van der Waals surface area contributed by atoms with E-state index in [1.807, 2.05) is 11.8 Å². The lowest BCUT2D eigenvalue weighted by Gasteiger charge is -2.31. The molecule has 0 aliphatic carbocycles. The highest BCUT2D eigenvalue weighted by Gasteiger charge is 2.24. The number of nitrogens with one attached hydrogen (secondary N) is 1. The van der Waals surface area contributed by atoms with E-state index >= 15 is 0 Å². The minimum atomic E-state index is 0.412. The van der Waals surface area contributed by atoms with Crippen LogP contribution in [-0.2, 0) is 9.47 Å². The lowest BCUT2D eigenvalue weighted by molar-refractivity contribution is 0.0418.